The minimum atomic E-state index is 0.342. The van der Waals surface area contributed by atoms with Crippen molar-refractivity contribution in [2.24, 2.45) is 17.8 Å². The van der Waals surface area contributed by atoms with Crippen molar-refractivity contribution >= 4 is 0 Å². The summed E-state index contributed by atoms with van der Waals surface area (Å²) in [6.45, 7) is 9.30. The van der Waals surface area contributed by atoms with Gasteiger partial charge in [0.15, 0.2) is 0 Å². The molecule has 1 saturated carbocycles. The Balaban J connectivity index is 2.05. The van der Waals surface area contributed by atoms with Crippen LogP contribution in [0.4, 0.5) is 0 Å². The normalized spacial score (nSPS) is 27.3. The van der Waals surface area contributed by atoms with Gasteiger partial charge in [0.25, 0.3) is 0 Å². The van der Waals surface area contributed by atoms with Crippen LogP contribution in [0.2, 0.25) is 0 Å². The summed E-state index contributed by atoms with van der Waals surface area (Å²) in [5, 5.41) is 12.7. The van der Waals surface area contributed by atoms with Crippen molar-refractivity contribution in [1.29, 1.82) is 5.26 Å². The number of rotatable bonds is 4. The number of nitrogens with zero attached hydrogens (tertiary/aromatic N) is 1. The fourth-order valence-electron chi connectivity index (χ4n) is 3.66. The summed E-state index contributed by atoms with van der Waals surface area (Å²) in [5.74, 6) is 2.34. The molecule has 114 valence electrons. The number of hydrogen-bond donors (Lipinski definition) is 1. The zero-order chi connectivity index (χ0) is 15.4. The molecule has 1 aromatic rings. The van der Waals surface area contributed by atoms with Crippen molar-refractivity contribution in [2.45, 2.75) is 59.0 Å². The van der Waals surface area contributed by atoms with E-state index in [1.165, 1.54) is 24.8 Å². The van der Waals surface area contributed by atoms with Gasteiger partial charge >= 0.3 is 0 Å². The van der Waals surface area contributed by atoms with Crippen LogP contribution in [-0.2, 0) is 0 Å². The number of hydrogen-bond acceptors (Lipinski definition) is 2. The molecule has 1 fully saturated rings. The molecule has 0 aromatic heterocycles. The number of nitrogens with one attached hydrogen (secondary N) is 1. The van der Waals surface area contributed by atoms with Crippen molar-refractivity contribution in [3.05, 3.63) is 35.4 Å². The lowest BCUT2D eigenvalue weighted by atomic mass is 9.73. The van der Waals surface area contributed by atoms with E-state index in [0.29, 0.717) is 12.1 Å². The maximum atomic E-state index is 8.89. The maximum Gasteiger partial charge on any atom is 0.0991 e. The molecule has 0 bridgehead atoms. The standard InChI is InChI=1S/C19H28N2/c1-13(2)18-10-5-14(3)11-19(18)21-15(4)17-8-6-16(12-20)7-9-17/h6-9,13-15,18-19,21H,5,10-11H2,1-4H3. The third-order valence-electron chi connectivity index (χ3n) is 5.03. The Hall–Kier alpha value is -1.33. The van der Waals surface area contributed by atoms with Gasteiger partial charge in [0.05, 0.1) is 11.6 Å². The fourth-order valence-corrected chi connectivity index (χ4v) is 3.66. The summed E-state index contributed by atoms with van der Waals surface area (Å²) in [4.78, 5) is 0. The van der Waals surface area contributed by atoms with Gasteiger partial charge in [0.2, 0.25) is 0 Å². The van der Waals surface area contributed by atoms with E-state index >= 15 is 0 Å². The Bertz CT molecular complexity index is 483. The average molecular weight is 284 g/mol. The van der Waals surface area contributed by atoms with Crippen molar-refractivity contribution in [1.82, 2.24) is 5.32 Å². The second-order valence-electron chi connectivity index (χ2n) is 7.05. The minimum Gasteiger partial charge on any atom is -0.307 e. The molecule has 1 aliphatic carbocycles. The molecule has 2 nitrogen and oxygen atoms in total. The first-order valence-electron chi connectivity index (χ1n) is 8.27. The molecule has 1 aromatic carbocycles. The average Bonchev–Trinajstić information content (AvgIpc) is 2.47. The van der Waals surface area contributed by atoms with E-state index in [1.54, 1.807) is 0 Å². The molecule has 1 N–H and O–H groups in total. The van der Waals surface area contributed by atoms with Gasteiger partial charge in [-0.05, 0) is 55.2 Å². The highest BCUT2D eigenvalue weighted by molar-refractivity contribution is 5.32. The number of nitriles is 1. The first-order chi connectivity index (χ1) is 10.0. The Morgan fingerprint density at radius 1 is 1.14 bits per heavy atom. The van der Waals surface area contributed by atoms with Crippen LogP contribution in [0.25, 0.3) is 0 Å². The highest BCUT2D eigenvalue weighted by Crippen LogP contribution is 2.34. The quantitative estimate of drug-likeness (QED) is 0.872. The van der Waals surface area contributed by atoms with Crippen LogP contribution in [-0.4, -0.2) is 6.04 Å². The highest BCUT2D eigenvalue weighted by atomic mass is 15.0. The second kappa shape index (κ2) is 7.09. The molecule has 0 aliphatic heterocycles. The first kappa shape index (κ1) is 16.0. The van der Waals surface area contributed by atoms with Gasteiger partial charge in [-0.15, -0.1) is 0 Å². The summed E-state index contributed by atoms with van der Waals surface area (Å²) in [7, 11) is 0. The van der Waals surface area contributed by atoms with Crippen molar-refractivity contribution in [3.8, 4) is 6.07 Å². The van der Waals surface area contributed by atoms with Gasteiger partial charge < -0.3 is 5.32 Å². The molecule has 0 heterocycles. The van der Waals surface area contributed by atoms with Crippen molar-refractivity contribution in [3.63, 3.8) is 0 Å². The Labute approximate surface area is 129 Å². The molecule has 1 aliphatic rings. The van der Waals surface area contributed by atoms with Crippen LogP contribution in [0.15, 0.2) is 24.3 Å². The Kier molecular flexibility index (Phi) is 5.42. The fraction of sp³-hybridized carbons (Fsp3) is 0.632. The van der Waals surface area contributed by atoms with Crippen LogP contribution in [0.1, 0.15) is 64.1 Å². The van der Waals surface area contributed by atoms with Crippen LogP contribution >= 0.6 is 0 Å². The van der Waals surface area contributed by atoms with Gasteiger partial charge in [-0.25, -0.2) is 0 Å². The monoisotopic (exact) mass is 284 g/mol. The summed E-state index contributed by atoms with van der Waals surface area (Å²) in [6, 6.07) is 11.1. The Morgan fingerprint density at radius 3 is 2.38 bits per heavy atom. The molecule has 4 atom stereocenters. The second-order valence-corrected chi connectivity index (χ2v) is 7.05. The first-order valence-corrected chi connectivity index (χ1v) is 8.27. The van der Waals surface area contributed by atoms with E-state index in [0.717, 1.165) is 23.3 Å². The van der Waals surface area contributed by atoms with E-state index < -0.39 is 0 Å². The SMILES string of the molecule is CC1CCC(C(C)C)C(NC(C)c2ccc(C#N)cc2)C1. The van der Waals surface area contributed by atoms with E-state index in [2.05, 4.69) is 51.2 Å². The van der Waals surface area contributed by atoms with Gasteiger partial charge in [-0.2, -0.15) is 5.26 Å². The predicted octanol–water partition coefficient (Wildman–Crippen LogP) is 4.67. The van der Waals surface area contributed by atoms with E-state index in [1.807, 2.05) is 12.1 Å². The maximum absolute atomic E-state index is 8.89. The van der Waals surface area contributed by atoms with E-state index in [4.69, 9.17) is 5.26 Å². The Morgan fingerprint density at radius 2 is 1.81 bits per heavy atom. The molecule has 0 saturated heterocycles. The van der Waals surface area contributed by atoms with Crippen LogP contribution in [0.3, 0.4) is 0 Å². The summed E-state index contributed by atoms with van der Waals surface area (Å²) < 4.78 is 0. The van der Waals surface area contributed by atoms with Crippen LogP contribution in [0, 0.1) is 29.1 Å². The van der Waals surface area contributed by atoms with Gasteiger partial charge in [0.1, 0.15) is 0 Å². The molecule has 4 unspecified atom stereocenters. The van der Waals surface area contributed by atoms with Gasteiger partial charge in [0, 0.05) is 12.1 Å². The lowest BCUT2D eigenvalue weighted by molar-refractivity contribution is 0.161. The van der Waals surface area contributed by atoms with Crippen LogP contribution in [0.5, 0.6) is 0 Å². The largest absolute Gasteiger partial charge is 0.307 e. The summed E-state index contributed by atoms with van der Waals surface area (Å²) >= 11 is 0. The zero-order valence-corrected chi connectivity index (χ0v) is 13.8. The van der Waals surface area contributed by atoms with E-state index in [-0.39, 0.29) is 0 Å². The third kappa shape index (κ3) is 4.08. The summed E-state index contributed by atoms with van der Waals surface area (Å²) in [6.07, 6.45) is 3.99. The highest BCUT2D eigenvalue weighted by Gasteiger charge is 2.31. The molecule has 2 rings (SSSR count). The zero-order valence-electron chi connectivity index (χ0n) is 13.8. The molecule has 21 heavy (non-hydrogen) atoms. The minimum absolute atomic E-state index is 0.342. The van der Waals surface area contributed by atoms with Crippen molar-refractivity contribution in [2.75, 3.05) is 0 Å². The summed E-state index contributed by atoms with van der Waals surface area (Å²) in [5.41, 5.74) is 2.01. The van der Waals surface area contributed by atoms with Crippen molar-refractivity contribution < 1.29 is 0 Å². The lowest BCUT2D eigenvalue weighted by Gasteiger charge is -2.39. The smallest absolute Gasteiger partial charge is 0.0991 e. The molecular weight excluding hydrogens is 256 g/mol. The predicted molar refractivity (Wildman–Crippen MR) is 87.8 cm³/mol. The van der Waals surface area contributed by atoms with Crippen LogP contribution < -0.4 is 5.32 Å². The molecule has 0 radical (unpaired) electrons. The molecule has 0 amide bonds. The van der Waals surface area contributed by atoms with E-state index in [9.17, 15) is 0 Å². The van der Waals surface area contributed by atoms with Gasteiger partial charge in [-0.1, -0.05) is 39.3 Å². The number of benzene rings is 1. The lowest BCUT2D eigenvalue weighted by Crippen LogP contribution is -2.43. The molecule has 0 spiro atoms. The van der Waals surface area contributed by atoms with Gasteiger partial charge in [-0.3, -0.25) is 0 Å². The molecule has 2 heteroatoms. The topological polar surface area (TPSA) is 35.8 Å². The molecular formula is C19H28N2. The third-order valence-corrected chi connectivity index (χ3v) is 5.03.